The van der Waals surface area contributed by atoms with Crippen molar-refractivity contribution in [2.24, 2.45) is 7.05 Å². The molecule has 162 valence electrons. The van der Waals surface area contributed by atoms with Gasteiger partial charge in [0.05, 0.1) is 41.0 Å². The molecule has 6 rings (SSSR count). The van der Waals surface area contributed by atoms with Gasteiger partial charge in [-0.05, 0) is 42.2 Å². The van der Waals surface area contributed by atoms with Gasteiger partial charge in [0.2, 0.25) is 5.95 Å². The smallest absolute Gasteiger partial charge is 0.330 e. The molecule has 2 unspecified atom stereocenters. The van der Waals surface area contributed by atoms with Crippen LogP contribution in [0, 0.1) is 11.3 Å². The minimum absolute atomic E-state index is 0.185. The van der Waals surface area contributed by atoms with Gasteiger partial charge in [-0.25, -0.2) is 14.8 Å². The number of hydrogen-bond acceptors (Lipinski definition) is 6. The molecule has 2 aromatic carbocycles. The van der Waals surface area contributed by atoms with Crippen LogP contribution >= 0.6 is 0 Å². The van der Waals surface area contributed by atoms with Gasteiger partial charge in [0.15, 0.2) is 5.65 Å². The summed E-state index contributed by atoms with van der Waals surface area (Å²) in [5.41, 5.74) is 4.67. The Kier molecular flexibility index (Phi) is 4.18. The van der Waals surface area contributed by atoms with Gasteiger partial charge in [-0.2, -0.15) is 10.2 Å². The Balaban J connectivity index is 1.58. The van der Waals surface area contributed by atoms with Crippen LogP contribution < -0.4 is 5.69 Å². The summed E-state index contributed by atoms with van der Waals surface area (Å²) in [6, 6.07) is 14.8. The van der Waals surface area contributed by atoms with Crippen molar-refractivity contribution in [3.8, 4) is 12.0 Å². The van der Waals surface area contributed by atoms with E-state index in [9.17, 15) is 15.2 Å². The molecule has 0 spiro atoms. The summed E-state index contributed by atoms with van der Waals surface area (Å²) in [5.74, 6) is 0.364. The topological polar surface area (TPSA) is 115 Å². The molecule has 0 fully saturated rings. The third-order valence-corrected chi connectivity index (χ3v) is 6.45. The lowest BCUT2D eigenvalue weighted by Crippen LogP contribution is -2.30. The number of aliphatic hydroxyl groups is 1. The average Bonchev–Trinajstić information content (AvgIpc) is 3.38. The second kappa shape index (κ2) is 7.12. The van der Waals surface area contributed by atoms with Crippen molar-refractivity contribution in [2.45, 2.75) is 25.0 Å². The zero-order valence-electron chi connectivity index (χ0n) is 17.8. The maximum absolute atomic E-state index is 13.3. The maximum atomic E-state index is 13.3. The normalized spacial score (nSPS) is 17.8. The molecule has 2 atom stereocenters. The van der Waals surface area contributed by atoms with Crippen molar-refractivity contribution in [1.82, 2.24) is 28.7 Å². The fourth-order valence-corrected chi connectivity index (χ4v) is 4.77. The monoisotopic (exact) mass is 437 g/mol. The summed E-state index contributed by atoms with van der Waals surface area (Å²) in [6.45, 7) is 0. The van der Waals surface area contributed by atoms with Crippen LogP contribution in [0.2, 0.25) is 0 Å². The summed E-state index contributed by atoms with van der Waals surface area (Å²) in [4.78, 5) is 27.0. The number of aliphatic hydroxyl groups excluding tert-OH is 1. The number of nitrogens with zero attached hydrogens (tertiary/aromatic N) is 7. The molecule has 0 aliphatic heterocycles. The molecule has 0 radical (unpaired) electrons. The largest absolute Gasteiger partial charge is 0.388 e. The summed E-state index contributed by atoms with van der Waals surface area (Å²) < 4.78 is 4.97. The molecule has 3 heterocycles. The van der Waals surface area contributed by atoms with E-state index in [1.807, 2.05) is 24.3 Å². The van der Waals surface area contributed by atoms with E-state index in [4.69, 9.17) is 4.98 Å². The van der Waals surface area contributed by atoms with Gasteiger partial charge < -0.3 is 5.11 Å². The summed E-state index contributed by atoms with van der Waals surface area (Å²) >= 11 is 0. The molecule has 33 heavy (non-hydrogen) atoms. The van der Waals surface area contributed by atoms with Crippen LogP contribution in [0.1, 0.15) is 41.7 Å². The van der Waals surface area contributed by atoms with Gasteiger partial charge in [0.1, 0.15) is 11.8 Å². The second-order valence-electron chi connectivity index (χ2n) is 8.26. The van der Waals surface area contributed by atoms with Crippen molar-refractivity contribution < 1.29 is 5.11 Å². The van der Waals surface area contributed by atoms with Gasteiger partial charge in [0, 0.05) is 7.05 Å². The number of fused-ring (bicyclic) bond motifs is 3. The summed E-state index contributed by atoms with van der Waals surface area (Å²) in [5, 5.41) is 19.8. The molecule has 9 nitrogen and oxygen atoms in total. The second-order valence-corrected chi connectivity index (χ2v) is 8.26. The van der Waals surface area contributed by atoms with E-state index in [1.165, 1.54) is 0 Å². The Labute approximate surface area is 187 Å². The Morgan fingerprint density at radius 1 is 1.09 bits per heavy atom. The molecular formula is C24H19N7O2. The first-order valence-electron chi connectivity index (χ1n) is 10.6. The number of benzene rings is 2. The van der Waals surface area contributed by atoms with Crippen LogP contribution in [0.3, 0.4) is 0 Å². The number of nitriles is 1. The first kappa shape index (κ1) is 19.4. The van der Waals surface area contributed by atoms with Gasteiger partial charge in [-0.3, -0.25) is 13.7 Å². The lowest BCUT2D eigenvalue weighted by Gasteiger charge is -2.29. The van der Waals surface area contributed by atoms with E-state index in [2.05, 4.69) is 16.0 Å². The maximum Gasteiger partial charge on any atom is 0.330 e. The summed E-state index contributed by atoms with van der Waals surface area (Å²) in [6.07, 6.45) is 3.89. The highest BCUT2D eigenvalue weighted by Gasteiger charge is 2.30. The van der Waals surface area contributed by atoms with Crippen LogP contribution in [0.4, 0.5) is 0 Å². The first-order valence-corrected chi connectivity index (χ1v) is 10.6. The lowest BCUT2D eigenvalue weighted by atomic mass is 9.85. The van der Waals surface area contributed by atoms with Crippen molar-refractivity contribution >= 4 is 22.2 Å². The minimum atomic E-state index is -0.542. The minimum Gasteiger partial charge on any atom is -0.388 e. The van der Waals surface area contributed by atoms with Gasteiger partial charge >= 0.3 is 5.69 Å². The average molecular weight is 437 g/mol. The fraction of sp³-hybridized carbons (Fsp3) is 0.208. The number of imidazole rings is 2. The number of hydrogen-bond donors (Lipinski definition) is 1. The van der Waals surface area contributed by atoms with Gasteiger partial charge in [0.25, 0.3) is 0 Å². The quantitative estimate of drug-likeness (QED) is 0.454. The molecule has 1 aliphatic rings. The highest BCUT2D eigenvalue weighted by molar-refractivity contribution is 5.79. The van der Waals surface area contributed by atoms with Crippen LogP contribution in [0.25, 0.3) is 28.1 Å². The molecule has 0 saturated carbocycles. The number of aromatic nitrogens is 6. The molecule has 0 amide bonds. The highest BCUT2D eigenvalue weighted by atomic mass is 16.3. The molecule has 0 saturated heterocycles. The van der Waals surface area contributed by atoms with E-state index < -0.39 is 6.10 Å². The Morgan fingerprint density at radius 2 is 1.91 bits per heavy atom. The Morgan fingerprint density at radius 3 is 2.73 bits per heavy atom. The summed E-state index contributed by atoms with van der Waals surface area (Å²) in [7, 11) is 1.71. The molecule has 9 heteroatoms. The standard InChI is InChI=1S/C24H19N7O2/c1-29-20-12-26-23(30-13-27-17-7-6-14(11-25)10-19(17)30)28-22(20)31(24(29)33)18-8-9-21(32)16-5-3-2-4-15(16)18/h2-7,10,12-13,18,21,32H,8-9H2,1H3. The van der Waals surface area contributed by atoms with Crippen molar-refractivity contribution in [3.63, 3.8) is 0 Å². The van der Waals surface area contributed by atoms with Crippen LogP contribution in [-0.4, -0.2) is 33.8 Å². The molecular weight excluding hydrogens is 418 g/mol. The third kappa shape index (κ3) is 2.81. The zero-order chi connectivity index (χ0) is 22.7. The van der Waals surface area contributed by atoms with E-state index in [0.717, 1.165) is 16.6 Å². The van der Waals surface area contributed by atoms with E-state index in [0.29, 0.717) is 41.0 Å². The van der Waals surface area contributed by atoms with Gasteiger partial charge in [-0.15, -0.1) is 0 Å². The molecule has 0 bridgehead atoms. The fourth-order valence-electron chi connectivity index (χ4n) is 4.77. The van der Waals surface area contributed by atoms with E-state index in [1.54, 1.807) is 51.5 Å². The molecule has 1 aliphatic carbocycles. The third-order valence-electron chi connectivity index (χ3n) is 6.45. The van der Waals surface area contributed by atoms with Crippen molar-refractivity contribution in [2.75, 3.05) is 0 Å². The predicted octanol–water partition coefficient (Wildman–Crippen LogP) is 2.76. The zero-order valence-corrected chi connectivity index (χ0v) is 17.8. The van der Waals surface area contributed by atoms with Crippen molar-refractivity contribution in [3.05, 3.63) is 82.2 Å². The SMILES string of the molecule is Cn1c(=O)n(C2CCC(O)c3ccccc32)c2nc(-n3cnc4ccc(C#N)cc43)ncc21. The molecule has 5 aromatic rings. The van der Waals surface area contributed by atoms with Gasteiger partial charge in [-0.1, -0.05) is 24.3 Å². The van der Waals surface area contributed by atoms with Crippen molar-refractivity contribution in [1.29, 1.82) is 5.26 Å². The Bertz CT molecular complexity index is 1650. The van der Waals surface area contributed by atoms with Crippen LogP contribution in [0.5, 0.6) is 0 Å². The molecule has 1 N–H and O–H groups in total. The van der Waals surface area contributed by atoms with E-state index >= 15 is 0 Å². The lowest BCUT2D eigenvalue weighted by molar-refractivity contribution is 0.147. The number of rotatable bonds is 2. The van der Waals surface area contributed by atoms with Crippen LogP contribution in [-0.2, 0) is 7.05 Å². The highest BCUT2D eigenvalue weighted by Crippen LogP contribution is 2.38. The predicted molar refractivity (Wildman–Crippen MR) is 121 cm³/mol. The number of aryl methyl sites for hydroxylation is 1. The van der Waals surface area contributed by atoms with Crippen LogP contribution in [0.15, 0.2) is 59.8 Å². The van der Waals surface area contributed by atoms with E-state index in [-0.39, 0.29) is 11.7 Å². The first-order chi connectivity index (χ1) is 16.1. The molecule has 3 aromatic heterocycles. The Hall–Kier alpha value is -4.29.